The van der Waals surface area contributed by atoms with E-state index in [4.69, 9.17) is 4.74 Å². The van der Waals surface area contributed by atoms with Crippen LogP contribution >= 0.6 is 0 Å². The number of carbonyl (C=O) groups excluding carboxylic acids is 1. The molecule has 2 aromatic heterocycles. The van der Waals surface area contributed by atoms with E-state index in [-0.39, 0.29) is 18.1 Å². The molecule has 0 aromatic carbocycles. The monoisotopic (exact) mass is 356 g/mol. The molecule has 2 aromatic rings. The zero-order valence-electron chi connectivity index (χ0n) is 15.0. The normalized spacial score (nSPS) is 23.1. The molecular weight excluding hydrogens is 332 g/mol. The molecule has 0 aliphatic heterocycles. The molecule has 3 rings (SSSR count). The van der Waals surface area contributed by atoms with E-state index in [1.165, 1.54) is 6.08 Å². The number of carbonyl (C=O) groups is 1. The molecule has 0 spiro atoms. The lowest BCUT2D eigenvalue weighted by molar-refractivity contribution is -0.132. The zero-order valence-corrected chi connectivity index (χ0v) is 15.0. The Morgan fingerprint density at radius 1 is 1.42 bits per heavy atom. The van der Waals surface area contributed by atoms with Crippen molar-refractivity contribution in [3.05, 3.63) is 48.6 Å². The lowest BCUT2D eigenvalue weighted by Gasteiger charge is -2.39. The Morgan fingerprint density at radius 2 is 2.27 bits per heavy atom. The minimum Gasteiger partial charge on any atom is -0.486 e. The second kappa shape index (κ2) is 8.14. The number of pyridine rings is 1. The third-order valence-corrected chi connectivity index (χ3v) is 4.67. The van der Waals surface area contributed by atoms with E-state index in [2.05, 4.69) is 10.1 Å². The molecule has 7 heteroatoms. The predicted molar refractivity (Wildman–Crippen MR) is 97.3 cm³/mol. The first-order valence-corrected chi connectivity index (χ1v) is 8.73. The smallest absolute Gasteiger partial charge is 0.246 e. The summed E-state index contributed by atoms with van der Waals surface area (Å²) in [6.45, 7) is 0. The number of ether oxygens (including phenoxy) is 1. The van der Waals surface area contributed by atoms with Crippen LogP contribution in [0, 0.1) is 0 Å². The van der Waals surface area contributed by atoms with Crippen LogP contribution in [0.15, 0.2) is 43.0 Å². The van der Waals surface area contributed by atoms with Crippen molar-refractivity contribution in [3.8, 4) is 5.75 Å². The van der Waals surface area contributed by atoms with Crippen LogP contribution in [0.2, 0.25) is 0 Å². The van der Waals surface area contributed by atoms with Gasteiger partial charge in [-0.05, 0) is 37.5 Å². The van der Waals surface area contributed by atoms with Gasteiger partial charge in [-0.25, -0.2) is 0 Å². The van der Waals surface area contributed by atoms with Crippen molar-refractivity contribution in [1.29, 1.82) is 0 Å². The summed E-state index contributed by atoms with van der Waals surface area (Å²) in [7, 11) is 3.54. The van der Waals surface area contributed by atoms with Crippen LogP contribution < -0.4 is 4.74 Å². The largest absolute Gasteiger partial charge is 0.486 e. The molecule has 2 heterocycles. The molecule has 0 radical (unpaired) electrons. The molecule has 7 nitrogen and oxygen atoms in total. The van der Waals surface area contributed by atoms with Crippen LogP contribution in [-0.2, 0) is 11.8 Å². The number of aliphatic hydroxyl groups excluding tert-OH is 1. The number of aromatic nitrogens is 3. The molecule has 1 saturated carbocycles. The number of rotatable bonds is 5. The van der Waals surface area contributed by atoms with Crippen LogP contribution in [-0.4, -0.2) is 56.0 Å². The molecule has 0 unspecified atom stereocenters. The summed E-state index contributed by atoms with van der Waals surface area (Å²) in [5.41, 5.74) is 0.858. The molecule has 1 aliphatic carbocycles. The van der Waals surface area contributed by atoms with E-state index in [9.17, 15) is 9.90 Å². The van der Waals surface area contributed by atoms with Crippen molar-refractivity contribution in [2.75, 3.05) is 7.05 Å². The van der Waals surface area contributed by atoms with E-state index < -0.39 is 6.10 Å². The zero-order chi connectivity index (χ0) is 18.5. The van der Waals surface area contributed by atoms with Crippen molar-refractivity contribution >= 4 is 12.0 Å². The molecule has 26 heavy (non-hydrogen) atoms. The molecule has 0 bridgehead atoms. The maximum Gasteiger partial charge on any atom is 0.246 e. The van der Waals surface area contributed by atoms with Crippen molar-refractivity contribution < 1.29 is 14.6 Å². The van der Waals surface area contributed by atoms with Gasteiger partial charge in [0.2, 0.25) is 5.91 Å². The molecular formula is C19H24N4O3. The standard InChI is InChI=1S/C19H24N4O3/c1-22-13-14(11-21-22)8-9-18(24)23(2)16-6-3-7-17(19(16)25)26-15-5-4-10-20-12-15/h4-5,8-13,16-17,19,25H,3,6-7H2,1-2H3/b9-8+/t16-,17-,19-/m1/s1. The van der Waals surface area contributed by atoms with E-state index in [1.807, 2.05) is 19.3 Å². The molecule has 138 valence electrons. The van der Waals surface area contributed by atoms with Gasteiger partial charge in [0, 0.05) is 38.1 Å². The Kier molecular flexibility index (Phi) is 5.68. The highest BCUT2D eigenvalue weighted by molar-refractivity contribution is 5.91. The average molecular weight is 356 g/mol. The maximum absolute atomic E-state index is 12.5. The highest BCUT2D eigenvalue weighted by atomic mass is 16.5. The summed E-state index contributed by atoms with van der Waals surface area (Å²) < 4.78 is 7.56. The summed E-state index contributed by atoms with van der Waals surface area (Å²) in [6.07, 6.45) is 11.3. The second-order valence-electron chi connectivity index (χ2n) is 6.56. The molecule has 1 fully saturated rings. The first-order valence-electron chi connectivity index (χ1n) is 8.73. The van der Waals surface area contributed by atoms with Crippen LogP contribution in [0.5, 0.6) is 5.75 Å². The predicted octanol–water partition coefficient (Wildman–Crippen LogP) is 1.65. The fraction of sp³-hybridized carbons (Fsp3) is 0.421. The van der Waals surface area contributed by atoms with Gasteiger partial charge >= 0.3 is 0 Å². The second-order valence-corrected chi connectivity index (χ2v) is 6.56. The third-order valence-electron chi connectivity index (χ3n) is 4.67. The van der Waals surface area contributed by atoms with Crippen molar-refractivity contribution in [3.63, 3.8) is 0 Å². The number of aryl methyl sites for hydroxylation is 1. The van der Waals surface area contributed by atoms with Crippen molar-refractivity contribution in [2.45, 2.75) is 37.5 Å². The third kappa shape index (κ3) is 4.29. The fourth-order valence-corrected chi connectivity index (χ4v) is 3.24. The summed E-state index contributed by atoms with van der Waals surface area (Å²) >= 11 is 0. The van der Waals surface area contributed by atoms with Crippen LogP contribution in [0.25, 0.3) is 6.08 Å². The van der Waals surface area contributed by atoms with Gasteiger partial charge in [-0.15, -0.1) is 0 Å². The lowest BCUT2D eigenvalue weighted by Crippen LogP contribution is -2.53. The number of hydrogen-bond acceptors (Lipinski definition) is 5. The van der Waals surface area contributed by atoms with E-state index in [0.29, 0.717) is 5.75 Å². The van der Waals surface area contributed by atoms with Gasteiger partial charge in [-0.2, -0.15) is 5.10 Å². The maximum atomic E-state index is 12.5. The van der Waals surface area contributed by atoms with E-state index in [0.717, 1.165) is 24.8 Å². The molecule has 1 amide bonds. The Balaban J connectivity index is 1.63. The number of nitrogens with zero attached hydrogens (tertiary/aromatic N) is 4. The van der Waals surface area contributed by atoms with Crippen molar-refractivity contribution in [2.24, 2.45) is 7.05 Å². The molecule has 1 aliphatic rings. The summed E-state index contributed by atoms with van der Waals surface area (Å²) in [5, 5.41) is 14.8. The van der Waals surface area contributed by atoms with Gasteiger partial charge in [0.1, 0.15) is 18.0 Å². The van der Waals surface area contributed by atoms with Crippen molar-refractivity contribution in [1.82, 2.24) is 19.7 Å². The topological polar surface area (TPSA) is 80.5 Å². The minimum atomic E-state index is -0.746. The first-order chi connectivity index (χ1) is 12.5. The quantitative estimate of drug-likeness (QED) is 0.824. The molecule has 1 N–H and O–H groups in total. The van der Waals surface area contributed by atoms with E-state index >= 15 is 0 Å². The van der Waals surface area contributed by atoms with Gasteiger partial charge in [0.15, 0.2) is 0 Å². The Labute approximate surface area is 152 Å². The number of aliphatic hydroxyl groups is 1. The highest BCUT2D eigenvalue weighted by Crippen LogP contribution is 2.27. The Morgan fingerprint density at radius 3 is 2.96 bits per heavy atom. The number of likely N-dealkylation sites (N-methyl/N-ethyl adjacent to an activating group) is 1. The van der Waals surface area contributed by atoms with E-state index in [1.54, 1.807) is 47.4 Å². The Hall–Kier alpha value is -2.67. The highest BCUT2D eigenvalue weighted by Gasteiger charge is 2.36. The summed E-state index contributed by atoms with van der Waals surface area (Å²) in [4.78, 5) is 18.1. The lowest BCUT2D eigenvalue weighted by atomic mass is 9.89. The van der Waals surface area contributed by atoms with Gasteiger partial charge in [-0.1, -0.05) is 0 Å². The van der Waals surface area contributed by atoms with Gasteiger partial charge in [0.05, 0.1) is 18.4 Å². The number of hydrogen-bond donors (Lipinski definition) is 1. The molecule has 3 atom stereocenters. The van der Waals surface area contributed by atoms with Gasteiger partial charge in [-0.3, -0.25) is 14.5 Å². The summed E-state index contributed by atoms with van der Waals surface area (Å²) in [6, 6.07) is 3.33. The van der Waals surface area contributed by atoms with Gasteiger partial charge < -0.3 is 14.7 Å². The molecule has 0 saturated heterocycles. The van der Waals surface area contributed by atoms with Crippen LogP contribution in [0.3, 0.4) is 0 Å². The fourth-order valence-electron chi connectivity index (χ4n) is 3.24. The Bertz CT molecular complexity index is 759. The minimum absolute atomic E-state index is 0.153. The summed E-state index contributed by atoms with van der Waals surface area (Å²) in [5.74, 6) is 0.475. The SMILES string of the molecule is CN(C(=O)/C=C/c1cnn(C)c1)[C@@H]1CCC[C@@H](Oc2cccnc2)[C@@H]1O. The van der Waals surface area contributed by atoms with Crippen LogP contribution in [0.4, 0.5) is 0 Å². The van der Waals surface area contributed by atoms with Gasteiger partial charge in [0.25, 0.3) is 0 Å². The average Bonchev–Trinajstić information content (AvgIpc) is 3.07. The number of amides is 1. The first kappa shape index (κ1) is 18.1. The van der Waals surface area contributed by atoms with Crippen LogP contribution in [0.1, 0.15) is 24.8 Å².